The van der Waals surface area contributed by atoms with Crippen LogP contribution in [-0.2, 0) is 4.57 Å². The highest BCUT2D eigenvalue weighted by atomic mass is 31.1. The van der Waals surface area contributed by atoms with E-state index in [1.807, 2.05) is 0 Å². The third-order valence-electron chi connectivity index (χ3n) is 0.246. The number of carbonyl (C=O) groups excluding carboxylic acids is 2. The highest BCUT2D eigenvalue weighted by Crippen LogP contribution is 1.66. The van der Waals surface area contributed by atoms with Crippen LogP contribution in [0.1, 0.15) is 0 Å². The SMILES string of the molecule is NC(=O)NC(N)=O.O=[PH+]O. The van der Waals surface area contributed by atoms with Crippen molar-refractivity contribution < 1.29 is 19.0 Å². The average Bonchev–Trinajstić information content (AvgIpc) is 1.62. The zero-order chi connectivity index (χ0) is 8.57. The zero-order valence-electron chi connectivity index (χ0n) is 4.83. The number of hydrogen-bond donors (Lipinski definition) is 4. The molecular weight excluding hydrogens is 161 g/mol. The molecule has 4 amide bonds. The van der Waals surface area contributed by atoms with Crippen LogP contribution in [0, 0.1) is 0 Å². The van der Waals surface area contributed by atoms with Crippen LogP contribution < -0.4 is 16.8 Å². The molecule has 0 spiro atoms. The van der Waals surface area contributed by atoms with Gasteiger partial charge >= 0.3 is 20.7 Å². The monoisotopic (exact) mass is 168 g/mol. The Labute approximate surface area is 57.7 Å². The molecule has 0 aliphatic rings. The van der Waals surface area contributed by atoms with E-state index in [-0.39, 0.29) is 0 Å². The van der Waals surface area contributed by atoms with Gasteiger partial charge in [0.05, 0.1) is 0 Å². The molecular formula is C2H7N3O4P+. The first kappa shape index (κ1) is 11.6. The van der Waals surface area contributed by atoms with Gasteiger partial charge in [0.1, 0.15) is 0 Å². The minimum atomic E-state index is -1.17. The van der Waals surface area contributed by atoms with E-state index in [2.05, 4.69) is 11.5 Å². The molecule has 0 saturated carbocycles. The first-order valence-electron chi connectivity index (χ1n) is 1.91. The van der Waals surface area contributed by atoms with Crippen LogP contribution in [0.25, 0.3) is 0 Å². The van der Waals surface area contributed by atoms with Crippen molar-refractivity contribution in [3.8, 4) is 0 Å². The minimum Gasteiger partial charge on any atom is -0.351 e. The smallest absolute Gasteiger partial charge is 0.351 e. The maximum atomic E-state index is 9.62. The molecule has 1 unspecified atom stereocenters. The minimum absolute atomic E-state index is 0.937. The van der Waals surface area contributed by atoms with Crippen molar-refractivity contribution >= 4 is 20.7 Å². The Hall–Kier alpha value is -1.20. The Morgan fingerprint density at radius 3 is 1.50 bits per heavy atom. The fourth-order valence-electron chi connectivity index (χ4n) is 0.121. The second kappa shape index (κ2) is 7.80. The lowest BCUT2D eigenvalue weighted by atomic mass is 10.9. The molecule has 10 heavy (non-hydrogen) atoms. The fraction of sp³-hybridized carbons (Fsp3) is 0. The van der Waals surface area contributed by atoms with E-state index in [1.54, 1.807) is 5.32 Å². The molecule has 6 N–H and O–H groups in total. The molecule has 0 bridgehead atoms. The van der Waals surface area contributed by atoms with E-state index >= 15 is 0 Å². The van der Waals surface area contributed by atoms with Crippen LogP contribution in [-0.4, -0.2) is 17.0 Å². The second-order valence-corrected chi connectivity index (χ2v) is 1.13. The Morgan fingerprint density at radius 2 is 1.50 bits per heavy atom. The summed E-state index contributed by atoms with van der Waals surface area (Å²) in [5.41, 5.74) is 8.88. The lowest BCUT2D eigenvalue weighted by Gasteiger charge is -1.88. The van der Waals surface area contributed by atoms with Crippen LogP contribution in [0.2, 0.25) is 0 Å². The zero-order valence-corrected chi connectivity index (χ0v) is 5.83. The molecule has 0 radical (unpaired) electrons. The molecule has 58 valence electrons. The molecule has 0 fully saturated rings. The number of nitrogens with one attached hydrogen (secondary N) is 1. The number of amides is 4. The van der Waals surface area contributed by atoms with Gasteiger partial charge in [0, 0.05) is 0 Å². The first-order chi connectivity index (χ1) is 4.54. The first-order valence-corrected chi connectivity index (χ1v) is 2.77. The summed E-state index contributed by atoms with van der Waals surface area (Å²) >= 11 is 0. The standard InChI is InChI=1S/C2H5N3O2.HO2P/c3-1(6)5-2(4)7;1-3-2/h(H5,3,4,5,6,7);3H/p+1. The third-order valence-corrected chi connectivity index (χ3v) is 0.246. The fourth-order valence-corrected chi connectivity index (χ4v) is 0.121. The molecule has 0 saturated heterocycles. The maximum Gasteiger partial charge on any atom is 0.491 e. The molecule has 0 heterocycles. The Balaban J connectivity index is 0. The molecule has 7 nitrogen and oxygen atoms in total. The predicted octanol–water partition coefficient (Wildman–Crippen LogP) is -1.35. The summed E-state index contributed by atoms with van der Waals surface area (Å²) in [4.78, 5) is 26.3. The summed E-state index contributed by atoms with van der Waals surface area (Å²) in [5, 5.41) is 1.58. The van der Waals surface area contributed by atoms with E-state index in [0.717, 1.165) is 0 Å². The lowest BCUT2D eigenvalue weighted by molar-refractivity contribution is 0.236. The summed E-state index contributed by atoms with van der Waals surface area (Å²) in [7, 11) is -1.17. The maximum absolute atomic E-state index is 9.62. The molecule has 0 rings (SSSR count). The Kier molecular flexibility index (Phi) is 9.03. The van der Waals surface area contributed by atoms with Gasteiger partial charge in [-0.25, -0.2) is 9.59 Å². The molecule has 0 aliphatic heterocycles. The number of primary amides is 2. The van der Waals surface area contributed by atoms with Crippen LogP contribution >= 0.6 is 8.69 Å². The molecule has 8 heteroatoms. The summed E-state index contributed by atoms with van der Waals surface area (Å²) < 4.78 is 8.51. The van der Waals surface area contributed by atoms with Crippen LogP contribution in [0.3, 0.4) is 0 Å². The van der Waals surface area contributed by atoms with Crippen LogP contribution in [0.15, 0.2) is 0 Å². The normalized spacial score (nSPS) is 7.30. The lowest BCUT2D eigenvalue weighted by Crippen LogP contribution is -2.38. The van der Waals surface area contributed by atoms with E-state index < -0.39 is 20.7 Å². The van der Waals surface area contributed by atoms with E-state index in [9.17, 15) is 9.59 Å². The number of carbonyl (C=O) groups is 2. The number of rotatable bonds is 0. The number of hydrogen-bond acceptors (Lipinski definition) is 3. The highest BCUT2D eigenvalue weighted by molar-refractivity contribution is 7.16. The van der Waals surface area contributed by atoms with Crippen molar-refractivity contribution in [3.63, 3.8) is 0 Å². The van der Waals surface area contributed by atoms with E-state index in [0.29, 0.717) is 0 Å². The van der Waals surface area contributed by atoms with Crippen molar-refractivity contribution in [2.24, 2.45) is 11.5 Å². The van der Waals surface area contributed by atoms with Crippen molar-refractivity contribution in [3.05, 3.63) is 0 Å². The Bertz CT molecular complexity index is 124. The van der Waals surface area contributed by atoms with Crippen molar-refractivity contribution in [2.75, 3.05) is 0 Å². The predicted molar refractivity (Wildman–Crippen MR) is 33.5 cm³/mol. The van der Waals surface area contributed by atoms with Gasteiger partial charge in [-0.05, 0) is 4.57 Å². The number of imide groups is 1. The van der Waals surface area contributed by atoms with Crippen molar-refractivity contribution in [1.82, 2.24) is 5.32 Å². The van der Waals surface area contributed by atoms with Gasteiger partial charge in [0.25, 0.3) is 0 Å². The van der Waals surface area contributed by atoms with Gasteiger partial charge < -0.3 is 11.5 Å². The molecule has 1 atom stereocenters. The summed E-state index contributed by atoms with van der Waals surface area (Å²) in [6, 6.07) is -1.88. The molecule has 0 aromatic carbocycles. The summed E-state index contributed by atoms with van der Waals surface area (Å²) in [6.07, 6.45) is 0. The molecule has 0 aromatic rings. The van der Waals surface area contributed by atoms with E-state index in [1.165, 1.54) is 0 Å². The van der Waals surface area contributed by atoms with Gasteiger partial charge in [0.2, 0.25) is 0 Å². The highest BCUT2D eigenvalue weighted by Gasteiger charge is 1.92. The third kappa shape index (κ3) is 29.2. The van der Waals surface area contributed by atoms with Gasteiger partial charge in [-0.1, -0.05) is 0 Å². The van der Waals surface area contributed by atoms with Crippen LogP contribution in [0.5, 0.6) is 0 Å². The largest absolute Gasteiger partial charge is 0.491 e. The van der Waals surface area contributed by atoms with Crippen molar-refractivity contribution in [1.29, 1.82) is 0 Å². The van der Waals surface area contributed by atoms with Gasteiger partial charge in [-0.15, -0.1) is 0 Å². The summed E-state index contributed by atoms with van der Waals surface area (Å²) in [6.45, 7) is 0. The number of nitrogens with two attached hydrogens (primary N) is 2. The summed E-state index contributed by atoms with van der Waals surface area (Å²) in [5.74, 6) is 0. The van der Waals surface area contributed by atoms with Gasteiger partial charge in [-0.3, -0.25) is 5.32 Å². The quantitative estimate of drug-likeness (QED) is 0.332. The average molecular weight is 168 g/mol. The van der Waals surface area contributed by atoms with Gasteiger partial charge in [-0.2, -0.15) is 4.89 Å². The molecule has 0 aliphatic carbocycles. The van der Waals surface area contributed by atoms with Crippen molar-refractivity contribution in [2.45, 2.75) is 0 Å². The topological polar surface area (TPSA) is 136 Å². The second-order valence-electron chi connectivity index (χ2n) is 0.945. The Morgan fingerprint density at radius 1 is 1.30 bits per heavy atom. The van der Waals surface area contributed by atoms with Gasteiger partial charge in [0.15, 0.2) is 0 Å². The van der Waals surface area contributed by atoms with Crippen LogP contribution in [0.4, 0.5) is 9.59 Å². The van der Waals surface area contributed by atoms with E-state index in [4.69, 9.17) is 9.46 Å². The number of urea groups is 2. The molecule has 0 aromatic heterocycles.